The summed E-state index contributed by atoms with van der Waals surface area (Å²) in [5.74, 6) is -0.897. The fraction of sp³-hybridized carbons (Fsp3) is 0.632. The molecule has 1 aliphatic heterocycles. The highest BCUT2D eigenvalue weighted by Gasteiger charge is 2.42. The Morgan fingerprint density at radius 1 is 1.29 bits per heavy atom. The standard InChI is InChI=1S/C19H29N5O4/c1-18(2,3)28-17(25)23-12(10-27-19(4,5)26)6-7-13(23)14-8-9-15-16(20)21-11-22-24(14)15/h8-9,11-13,26H,6-7,10H2,1-5H3,(H2,20,21,22)/t12-,13+/m0/s1. The van der Waals surface area contributed by atoms with Gasteiger partial charge in [-0.15, -0.1) is 0 Å². The van der Waals surface area contributed by atoms with Crippen LogP contribution in [0.1, 0.15) is 59.2 Å². The van der Waals surface area contributed by atoms with E-state index in [0.29, 0.717) is 17.8 Å². The highest BCUT2D eigenvalue weighted by molar-refractivity contribution is 5.70. The highest BCUT2D eigenvalue weighted by atomic mass is 16.6. The summed E-state index contributed by atoms with van der Waals surface area (Å²) < 4.78 is 12.9. The van der Waals surface area contributed by atoms with Gasteiger partial charge in [-0.2, -0.15) is 5.10 Å². The minimum Gasteiger partial charge on any atom is -0.444 e. The Morgan fingerprint density at radius 2 is 2.00 bits per heavy atom. The van der Waals surface area contributed by atoms with Crippen molar-refractivity contribution >= 4 is 17.4 Å². The topological polar surface area (TPSA) is 115 Å². The van der Waals surface area contributed by atoms with E-state index in [-0.39, 0.29) is 18.7 Å². The van der Waals surface area contributed by atoms with Crippen molar-refractivity contribution in [3.05, 3.63) is 24.2 Å². The van der Waals surface area contributed by atoms with Gasteiger partial charge in [0.1, 0.15) is 17.4 Å². The summed E-state index contributed by atoms with van der Waals surface area (Å²) in [7, 11) is 0. The lowest BCUT2D eigenvalue weighted by Gasteiger charge is -2.33. The normalized spacial score (nSPS) is 20.7. The van der Waals surface area contributed by atoms with Crippen LogP contribution in [-0.2, 0) is 9.47 Å². The number of likely N-dealkylation sites (tertiary alicyclic amines) is 1. The molecule has 0 aromatic carbocycles. The van der Waals surface area contributed by atoms with Crippen molar-refractivity contribution in [3.63, 3.8) is 0 Å². The third-order valence-electron chi connectivity index (χ3n) is 4.59. The number of aliphatic hydroxyl groups is 1. The molecule has 154 valence electrons. The molecule has 0 aliphatic carbocycles. The Balaban J connectivity index is 1.94. The number of nitrogens with two attached hydrogens (primary N) is 1. The molecule has 1 amide bonds. The maximum atomic E-state index is 13.0. The lowest BCUT2D eigenvalue weighted by molar-refractivity contribution is -0.183. The van der Waals surface area contributed by atoms with Crippen LogP contribution in [0, 0.1) is 0 Å². The first-order chi connectivity index (χ1) is 13.0. The van der Waals surface area contributed by atoms with Crippen LogP contribution in [0.4, 0.5) is 10.6 Å². The SMILES string of the molecule is CC(C)(C)OC(=O)N1[C@H](COC(C)(C)O)CC[C@@H]1c1ccc2c(N)ncnn12. The lowest BCUT2D eigenvalue weighted by atomic mass is 10.1. The first-order valence-electron chi connectivity index (χ1n) is 9.42. The molecule has 2 aromatic rings. The third kappa shape index (κ3) is 4.36. The number of carbonyl (C=O) groups is 1. The van der Waals surface area contributed by atoms with E-state index in [1.54, 1.807) is 23.3 Å². The zero-order valence-corrected chi connectivity index (χ0v) is 17.0. The number of carbonyl (C=O) groups excluding carboxylic acids is 1. The number of fused-ring (bicyclic) bond motifs is 1. The molecule has 9 nitrogen and oxygen atoms in total. The van der Waals surface area contributed by atoms with Gasteiger partial charge in [0.25, 0.3) is 0 Å². The number of nitrogen functional groups attached to an aromatic ring is 1. The van der Waals surface area contributed by atoms with Crippen molar-refractivity contribution in [3.8, 4) is 0 Å². The van der Waals surface area contributed by atoms with E-state index in [2.05, 4.69) is 10.1 Å². The number of nitrogens with zero attached hydrogens (tertiary/aromatic N) is 4. The molecule has 3 N–H and O–H groups in total. The van der Waals surface area contributed by atoms with Crippen molar-refractivity contribution in [1.82, 2.24) is 19.5 Å². The minimum atomic E-state index is -1.28. The van der Waals surface area contributed by atoms with E-state index < -0.39 is 17.5 Å². The summed E-state index contributed by atoms with van der Waals surface area (Å²) in [6, 6.07) is 3.28. The second-order valence-electron chi connectivity index (χ2n) is 8.59. The van der Waals surface area contributed by atoms with E-state index in [1.807, 2.05) is 32.9 Å². The van der Waals surface area contributed by atoms with Crippen molar-refractivity contribution in [2.75, 3.05) is 12.3 Å². The smallest absolute Gasteiger partial charge is 0.411 e. The summed E-state index contributed by atoms with van der Waals surface area (Å²) >= 11 is 0. The van der Waals surface area contributed by atoms with Crippen LogP contribution in [0.2, 0.25) is 0 Å². The Kier molecular flexibility index (Phi) is 5.24. The molecule has 3 heterocycles. The Labute approximate surface area is 164 Å². The van der Waals surface area contributed by atoms with E-state index in [1.165, 1.54) is 6.33 Å². The summed E-state index contributed by atoms with van der Waals surface area (Å²) in [6.07, 6.45) is 2.41. The average molecular weight is 391 g/mol. The second kappa shape index (κ2) is 7.21. The van der Waals surface area contributed by atoms with Gasteiger partial charge >= 0.3 is 6.09 Å². The number of hydrogen-bond donors (Lipinski definition) is 2. The maximum absolute atomic E-state index is 13.0. The molecule has 1 saturated heterocycles. The molecule has 1 fully saturated rings. The Hall–Kier alpha value is -2.39. The molecule has 28 heavy (non-hydrogen) atoms. The van der Waals surface area contributed by atoms with Crippen LogP contribution in [0.25, 0.3) is 5.52 Å². The molecule has 9 heteroatoms. The molecular weight excluding hydrogens is 362 g/mol. The number of rotatable bonds is 4. The molecule has 0 spiro atoms. The number of hydrogen-bond acceptors (Lipinski definition) is 7. The van der Waals surface area contributed by atoms with Gasteiger partial charge < -0.3 is 20.3 Å². The first kappa shape index (κ1) is 20.3. The molecule has 2 atom stereocenters. The molecule has 1 aliphatic rings. The van der Waals surface area contributed by atoms with Gasteiger partial charge in [0.2, 0.25) is 0 Å². The Bertz CT molecular complexity index is 852. The van der Waals surface area contributed by atoms with Gasteiger partial charge in [-0.05, 0) is 59.6 Å². The van der Waals surface area contributed by atoms with Gasteiger partial charge in [-0.25, -0.2) is 14.3 Å². The molecule has 0 bridgehead atoms. The van der Waals surface area contributed by atoms with E-state index in [9.17, 15) is 9.90 Å². The first-order valence-corrected chi connectivity index (χ1v) is 9.42. The minimum absolute atomic E-state index is 0.208. The van der Waals surface area contributed by atoms with Crippen LogP contribution >= 0.6 is 0 Å². The monoisotopic (exact) mass is 391 g/mol. The van der Waals surface area contributed by atoms with Gasteiger partial charge in [-0.1, -0.05) is 0 Å². The molecule has 0 saturated carbocycles. The number of ether oxygens (including phenoxy) is 2. The molecular formula is C19H29N5O4. The van der Waals surface area contributed by atoms with Crippen molar-refractivity contribution < 1.29 is 19.4 Å². The van der Waals surface area contributed by atoms with Gasteiger partial charge in [0.15, 0.2) is 11.6 Å². The average Bonchev–Trinajstić information content (AvgIpc) is 3.14. The Morgan fingerprint density at radius 3 is 2.64 bits per heavy atom. The number of anilines is 1. The highest BCUT2D eigenvalue weighted by Crippen LogP contribution is 2.38. The summed E-state index contributed by atoms with van der Waals surface area (Å²) in [4.78, 5) is 18.7. The summed E-state index contributed by atoms with van der Waals surface area (Å²) in [6.45, 7) is 8.84. The predicted molar refractivity (Wildman–Crippen MR) is 103 cm³/mol. The summed E-state index contributed by atoms with van der Waals surface area (Å²) in [5.41, 5.74) is 6.84. The van der Waals surface area contributed by atoms with Gasteiger partial charge in [0.05, 0.1) is 24.4 Å². The zero-order valence-electron chi connectivity index (χ0n) is 17.0. The van der Waals surface area contributed by atoms with Gasteiger partial charge in [0, 0.05) is 0 Å². The fourth-order valence-electron chi connectivity index (χ4n) is 3.45. The van der Waals surface area contributed by atoms with Crippen molar-refractivity contribution in [2.45, 2.75) is 70.9 Å². The third-order valence-corrected chi connectivity index (χ3v) is 4.59. The van der Waals surface area contributed by atoms with Crippen LogP contribution < -0.4 is 5.73 Å². The van der Waals surface area contributed by atoms with Crippen LogP contribution in [0.5, 0.6) is 0 Å². The van der Waals surface area contributed by atoms with Crippen LogP contribution in [-0.4, -0.2) is 54.7 Å². The largest absolute Gasteiger partial charge is 0.444 e. The molecule has 0 unspecified atom stereocenters. The van der Waals surface area contributed by atoms with E-state index in [4.69, 9.17) is 15.2 Å². The second-order valence-corrected chi connectivity index (χ2v) is 8.59. The van der Waals surface area contributed by atoms with E-state index in [0.717, 1.165) is 12.1 Å². The predicted octanol–water partition coefficient (Wildman–Crippen LogP) is 2.50. The maximum Gasteiger partial charge on any atom is 0.411 e. The van der Waals surface area contributed by atoms with Crippen molar-refractivity contribution in [2.24, 2.45) is 0 Å². The van der Waals surface area contributed by atoms with Crippen LogP contribution in [0.3, 0.4) is 0 Å². The zero-order chi connectivity index (χ0) is 20.7. The van der Waals surface area contributed by atoms with E-state index >= 15 is 0 Å². The molecule has 0 radical (unpaired) electrons. The van der Waals surface area contributed by atoms with Gasteiger partial charge in [-0.3, -0.25) is 4.90 Å². The molecule has 2 aromatic heterocycles. The fourth-order valence-corrected chi connectivity index (χ4v) is 3.45. The lowest BCUT2D eigenvalue weighted by Crippen LogP contribution is -2.44. The summed E-state index contributed by atoms with van der Waals surface area (Å²) in [5, 5.41) is 14.2. The number of aromatic nitrogens is 3. The molecule has 3 rings (SSSR count). The van der Waals surface area contributed by atoms with Crippen LogP contribution in [0.15, 0.2) is 18.5 Å². The van der Waals surface area contributed by atoms with Crippen molar-refractivity contribution in [1.29, 1.82) is 0 Å². The number of amides is 1. The quantitative estimate of drug-likeness (QED) is 0.769.